The number of hydrogen-bond acceptors (Lipinski definition) is 3. The number of aromatic amines is 1. The molecular weight excluding hydrogens is 419 g/mol. The standard InChI is InChI=1S/C26H21FN4O2/c1-18-15-29-26(33)31(18)24-11-9-22(10-12-24)25(32)30(17-21-3-2-4-23(27)13-21)16-20-7-5-19(14-28)6-8-20/h2-13,15H,16-17H2,1H3,(H,29,33). The fourth-order valence-electron chi connectivity index (χ4n) is 3.67. The fraction of sp³-hybridized carbons (Fsp3) is 0.115. The Kier molecular flexibility index (Phi) is 6.18. The van der Waals surface area contributed by atoms with Crippen LogP contribution in [-0.2, 0) is 13.1 Å². The second-order valence-electron chi connectivity index (χ2n) is 7.72. The van der Waals surface area contributed by atoms with E-state index < -0.39 is 0 Å². The summed E-state index contributed by atoms with van der Waals surface area (Å²) in [4.78, 5) is 29.7. The Balaban J connectivity index is 1.62. The Bertz CT molecular complexity index is 1380. The van der Waals surface area contributed by atoms with E-state index in [9.17, 15) is 14.0 Å². The zero-order valence-electron chi connectivity index (χ0n) is 18.0. The smallest absolute Gasteiger partial charge is 0.330 e. The molecule has 0 radical (unpaired) electrons. The van der Waals surface area contributed by atoms with Crippen LogP contribution in [0.5, 0.6) is 0 Å². The number of nitriles is 1. The van der Waals surface area contributed by atoms with Crippen molar-refractivity contribution < 1.29 is 9.18 Å². The first-order chi connectivity index (χ1) is 15.9. The molecule has 1 amide bonds. The Morgan fingerprint density at radius 1 is 1.03 bits per heavy atom. The van der Waals surface area contributed by atoms with E-state index >= 15 is 0 Å². The van der Waals surface area contributed by atoms with Crippen molar-refractivity contribution in [2.24, 2.45) is 0 Å². The van der Waals surface area contributed by atoms with Crippen molar-refractivity contribution >= 4 is 5.91 Å². The van der Waals surface area contributed by atoms with Crippen molar-refractivity contribution in [1.82, 2.24) is 14.5 Å². The molecule has 1 aromatic heterocycles. The molecule has 164 valence electrons. The van der Waals surface area contributed by atoms with E-state index in [1.165, 1.54) is 16.7 Å². The lowest BCUT2D eigenvalue weighted by Gasteiger charge is -2.23. The summed E-state index contributed by atoms with van der Waals surface area (Å²) in [6.07, 6.45) is 1.62. The summed E-state index contributed by atoms with van der Waals surface area (Å²) in [5, 5.41) is 9.02. The number of halogens is 1. The first kappa shape index (κ1) is 21.8. The third kappa shape index (κ3) is 4.91. The molecule has 0 unspecified atom stereocenters. The van der Waals surface area contributed by atoms with Crippen molar-refractivity contribution in [2.45, 2.75) is 20.0 Å². The third-order valence-electron chi connectivity index (χ3n) is 5.34. The van der Waals surface area contributed by atoms with E-state index in [0.29, 0.717) is 28.9 Å². The van der Waals surface area contributed by atoms with Gasteiger partial charge >= 0.3 is 5.69 Å². The van der Waals surface area contributed by atoms with Gasteiger partial charge in [0.05, 0.1) is 17.3 Å². The van der Waals surface area contributed by atoms with Crippen LogP contribution >= 0.6 is 0 Å². The summed E-state index contributed by atoms with van der Waals surface area (Å²) in [7, 11) is 0. The predicted octanol–water partition coefficient (Wildman–Crippen LogP) is 4.33. The highest BCUT2D eigenvalue weighted by molar-refractivity contribution is 5.94. The molecule has 0 aliphatic heterocycles. The van der Waals surface area contributed by atoms with Crippen LogP contribution in [0.2, 0.25) is 0 Å². The Labute approximate surface area is 190 Å². The molecule has 6 nitrogen and oxygen atoms in total. The molecule has 1 N–H and O–H groups in total. The summed E-state index contributed by atoms with van der Waals surface area (Å²) in [5.41, 5.74) is 3.66. The van der Waals surface area contributed by atoms with Crippen molar-refractivity contribution in [3.63, 3.8) is 0 Å². The number of aryl methyl sites for hydroxylation is 1. The Hall–Kier alpha value is -4.44. The van der Waals surface area contributed by atoms with Gasteiger partial charge in [0.1, 0.15) is 5.82 Å². The minimum atomic E-state index is -0.366. The average Bonchev–Trinajstić information content (AvgIpc) is 3.16. The van der Waals surface area contributed by atoms with Gasteiger partial charge in [-0.25, -0.2) is 9.18 Å². The summed E-state index contributed by atoms with van der Waals surface area (Å²) in [6, 6.07) is 22.0. The molecule has 0 saturated carbocycles. The molecule has 0 fully saturated rings. The number of rotatable bonds is 6. The van der Waals surface area contributed by atoms with E-state index in [2.05, 4.69) is 11.1 Å². The molecular formula is C26H21FN4O2. The van der Waals surface area contributed by atoms with Crippen molar-refractivity contribution in [3.05, 3.63) is 123 Å². The van der Waals surface area contributed by atoms with Gasteiger partial charge in [-0.1, -0.05) is 24.3 Å². The van der Waals surface area contributed by atoms with Gasteiger partial charge in [-0.15, -0.1) is 0 Å². The topological polar surface area (TPSA) is 81.9 Å². The number of nitrogens with one attached hydrogen (secondary N) is 1. The van der Waals surface area contributed by atoms with Gasteiger partial charge in [0.25, 0.3) is 5.91 Å². The van der Waals surface area contributed by atoms with Crippen molar-refractivity contribution in [1.29, 1.82) is 5.26 Å². The van der Waals surface area contributed by atoms with E-state index in [4.69, 9.17) is 5.26 Å². The van der Waals surface area contributed by atoms with Crippen LogP contribution in [0.4, 0.5) is 4.39 Å². The van der Waals surface area contributed by atoms with Crippen LogP contribution in [0, 0.1) is 24.1 Å². The molecule has 0 aliphatic carbocycles. The highest BCUT2D eigenvalue weighted by atomic mass is 19.1. The molecule has 0 bridgehead atoms. The number of hydrogen-bond donors (Lipinski definition) is 1. The molecule has 3 aromatic carbocycles. The quantitative estimate of drug-likeness (QED) is 0.485. The second kappa shape index (κ2) is 9.37. The Morgan fingerprint density at radius 3 is 2.33 bits per heavy atom. The normalized spacial score (nSPS) is 10.6. The van der Waals surface area contributed by atoms with Gasteiger partial charge in [0.2, 0.25) is 0 Å². The lowest BCUT2D eigenvalue weighted by Crippen LogP contribution is -2.30. The lowest BCUT2D eigenvalue weighted by molar-refractivity contribution is 0.0730. The lowest BCUT2D eigenvalue weighted by atomic mass is 10.1. The molecule has 7 heteroatoms. The molecule has 0 atom stereocenters. The van der Waals surface area contributed by atoms with Crippen LogP contribution in [0.3, 0.4) is 0 Å². The van der Waals surface area contributed by atoms with Crippen LogP contribution < -0.4 is 5.69 Å². The highest BCUT2D eigenvalue weighted by Gasteiger charge is 2.18. The number of imidazole rings is 1. The van der Waals surface area contributed by atoms with Gasteiger partial charge in [-0.2, -0.15) is 5.26 Å². The zero-order chi connectivity index (χ0) is 23.4. The molecule has 0 saturated heterocycles. The predicted molar refractivity (Wildman–Crippen MR) is 122 cm³/mol. The fourth-order valence-corrected chi connectivity index (χ4v) is 3.67. The van der Waals surface area contributed by atoms with Crippen LogP contribution in [0.25, 0.3) is 5.69 Å². The van der Waals surface area contributed by atoms with Gasteiger partial charge in [0.15, 0.2) is 0 Å². The summed E-state index contributed by atoms with van der Waals surface area (Å²) in [6.45, 7) is 2.32. The zero-order valence-corrected chi connectivity index (χ0v) is 18.0. The third-order valence-corrected chi connectivity index (χ3v) is 5.34. The monoisotopic (exact) mass is 440 g/mol. The maximum absolute atomic E-state index is 13.7. The maximum Gasteiger partial charge on any atom is 0.330 e. The molecule has 1 heterocycles. The largest absolute Gasteiger partial charge is 0.330 e. The molecule has 4 aromatic rings. The highest BCUT2D eigenvalue weighted by Crippen LogP contribution is 2.17. The van der Waals surface area contributed by atoms with Crippen molar-refractivity contribution in [2.75, 3.05) is 0 Å². The number of carbonyl (C=O) groups excluding carboxylic acids is 1. The number of aromatic nitrogens is 2. The van der Waals surface area contributed by atoms with Gasteiger partial charge < -0.3 is 9.88 Å². The SMILES string of the molecule is Cc1c[nH]c(=O)n1-c1ccc(C(=O)N(Cc2ccc(C#N)cc2)Cc2cccc(F)c2)cc1. The molecule has 0 spiro atoms. The molecule has 4 rings (SSSR count). The van der Waals surface area contributed by atoms with Gasteiger partial charge in [-0.05, 0) is 66.6 Å². The van der Waals surface area contributed by atoms with Crippen LogP contribution in [0.15, 0.2) is 83.8 Å². The summed E-state index contributed by atoms with van der Waals surface area (Å²) in [5.74, 6) is -0.594. The van der Waals surface area contributed by atoms with E-state index in [1.54, 1.807) is 71.8 Å². The number of H-pyrrole nitrogens is 1. The minimum Gasteiger partial charge on any atom is -0.330 e. The number of amides is 1. The summed E-state index contributed by atoms with van der Waals surface area (Å²) < 4.78 is 15.3. The van der Waals surface area contributed by atoms with E-state index in [-0.39, 0.29) is 24.0 Å². The average molecular weight is 440 g/mol. The second-order valence-corrected chi connectivity index (χ2v) is 7.72. The van der Waals surface area contributed by atoms with E-state index in [0.717, 1.165) is 11.3 Å². The first-order valence-electron chi connectivity index (χ1n) is 10.3. The minimum absolute atomic E-state index is 0.217. The molecule has 33 heavy (non-hydrogen) atoms. The maximum atomic E-state index is 13.7. The first-order valence-corrected chi connectivity index (χ1v) is 10.3. The van der Waals surface area contributed by atoms with E-state index in [1.807, 2.05) is 6.92 Å². The molecule has 0 aliphatic rings. The van der Waals surface area contributed by atoms with Gasteiger partial charge in [0, 0.05) is 30.5 Å². The number of benzene rings is 3. The summed E-state index contributed by atoms with van der Waals surface area (Å²) >= 11 is 0. The Morgan fingerprint density at radius 2 is 1.73 bits per heavy atom. The number of nitrogens with zero attached hydrogens (tertiary/aromatic N) is 3. The number of carbonyl (C=O) groups is 1. The van der Waals surface area contributed by atoms with Crippen LogP contribution in [0.1, 0.15) is 32.7 Å². The van der Waals surface area contributed by atoms with Gasteiger partial charge in [-0.3, -0.25) is 9.36 Å². The van der Waals surface area contributed by atoms with Crippen LogP contribution in [-0.4, -0.2) is 20.4 Å². The van der Waals surface area contributed by atoms with Crippen molar-refractivity contribution in [3.8, 4) is 11.8 Å².